The summed E-state index contributed by atoms with van der Waals surface area (Å²) in [5.41, 5.74) is 0.826. The van der Waals surface area contributed by atoms with Crippen LogP contribution in [-0.2, 0) is 16.2 Å². The summed E-state index contributed by atoms with van der Waals surface area (Å²) in [5.74, 6) is -1.23. The molecule has 1 aromatic carbocycles. The predicted octanol–water partition coefficient (Wildman–Crippen LogP) is 5.38. The van der Waals surface area contributed by atoms with Crippen LogP contribution in [0.3, 0.4) is 0 Å². The zero-order valence-electron chi connectivity index (χ0n) is 18.8. The van der Waals surface area contributed by atoms with Gasteiger partial charge in [0.05, 0.1) is 20.7 Å². The number of pyridine rings is 1. The second-order valence-corrected chi connectivity index (χ2v) is 11.3. The van der Waals surface area contributed by atoms with Gasteiger partial charge in [-0.25, -0.2) is 13.8 Å². The van der Waals surface area contributed by atoms with Gasteiger partial charge in [-0.3, -0.25) is 9.59 Å². The summed E-state index contributed by atoms with van der Waals surface area (Å²) in [4.78, 5) is 36.9. The molecule has 188 valence electrons. The Balaban J connectivity index is 1.18. The first-order valence-corrected chi connectivity index (χ1v) is 13.7. The molecule has 0 bridgehead atoms. The van der Waals surface area contributed by atoms with Crippen molar-refractivity contribution in [1.29, 1.82) is 0 Å². The van der Waals surface area contributed by atoms with Crippen LogP contribution in [0.5, 0.6) is 0 Å². The molecule has 2 aliphatic rings. The molecule has 0 radical (unpaired) electrons. The van der Waals surface area contributed by atoms with Gasteiger partial charge in [0.15, 0.2) is 6.10 Å². The number of halogens is 4. The third-order valence-electron chi connectivity index (χ3n) is 6.32. The van der Waals surface area contributed by atoms with Gasteiger partial charge >= 0.3 is 0 Å². The Kier molecular flexibility index (Phi) is 7.36. The van der Waals surface area contributed by atoms with Crippen molar-refractivity contribution in [3.8, 4) is 0 Å². The van der Waals surface area contributed by atoms with Gasteiger partial charge in [-0.15, -0.1) is 11.3 Å². The number of carbonyl (C=O) groups is 1. The van der Waals surface area contributed by atoms with E-state index in [1.54, 1.807) is 17.2 Å². The molecule has 1 fully saturated rings. The van der Waals surface area contributed by atoms with Gasteiger partial charge in [0.25, 0.3) is 5.56 Å². The molecule has 0 aliphatic carbocycles. The highest BCUT2D eigenvalue weighted by Crippen LogP contribution is 2.35. The number of piperidine rings is 1. The fourth-order valence-electron chi connectivity index (χ4n) is 4.41. The molecule has 7 nitrogen and oxygen atoms in total. The lowest BCUT2D eigenvalue weighted by Gasteiger charge is -2.31. The third-order valence-corrected chi connectivity index (χ3v) is 8.33. The number of amides is 1. The van der Waals surface area contributed by atoms with Crippen molar-refractivity contribution in [3.63, 3.8) is 0 Å². The molecule has 0 N–H and O–H groups in total. The van der Waals surface area contributed by atoms with Crippen LogP contribution in [-0.4, -0.2) is 39.2 Å². The summed E-state index contributed by atoms with van der Waals surface area (Å²) in [6.07, 6.45) is 2.52. The minimum absolute atomic E-state index is 0.0213. The zero-order valence-corrected chi connectivity index (χ0v) is 22.8. The Labute approximate surface area is 226 Å². The Hall–Kier alpha value is -2.44. The fourth-order valence-corrected chi connectivity index (χ4v) is 6.67. The monoisotopic (exact) mass is 640 g/mol. The van der Waals surface area contributed by atoms with Crippen LogP contribution >= 0.6 is 43.2 Å². The fraction of sp³-hybridized carbons (Fsp3) is 0.333. The van der Waals surface area contributed by atoms with E-state index in [4.69, 9.17) is 9.82 Å². The molecule has 4 heterocycles. The van der Waals surface area contributed by atoms with Crippen LogP contribution in [0.25, 0.3) is 0 Å². The third kappa shape index (κ3) is 5.16. The normalized spacial score (nSPS) is 18.3. The molecule has 3 aromatic rings. The average Bonchev–Trinajstić information content (AvgIpc) is 3.52. The summed E-state index contributed by atoms with van der Waals surface area (Å²) in [6, 6.07) is 5.37. The summed E-state index contributed by atoms with van der Waals surface area (Å²) in [6.45, 7) is 1.12. The number of likely N-dealkylation sites (tertiary alicyclic amines) is 1. The largest absolute Gasteiger partial charge is 0.387 e. The Morgan fingerprint density at radius 1 is 1.19 bits per heavy atom. The average molecular weight is 642 g/mol. The first-order valence-electron chi connectivity index (χ1n) is 11.3. The number of hydrogen-bond donors (Lipinski definition) is 0. The van der Waals surface area contributed by atoms with Crippen LogP contribution in [0.4, 0.5) is 8.78 Å². The quantitative estimate of drug-likeness (QED) is 0.375. The van der Waals surface area contributed by atoms with Crippen molar-refractivity contribution in [2.24, 2.45) is 5.16 Å². The van der Waals surface area contributed by atoms with Gasteiger partial charge in [0.1, 0.15) is 23.9 Å². The molecule has 1 saturated heterocycles. The molecule has 0 saturated carbocycles. The van der Waals surface area contributed by atoms with Crippen molar-refractivity contribution < 1.29 is 18.4 Å². The number of benzene rings is 1. The van der Waals surface area contributed by atoms with Gasteiger partial charge in [-0.1, -0.05) is 11.2 Å². The molecule has 1 atom stereocenters. The lowest BCUT2D eigenvalue weighted by molar-refractivity contribution is -0.132. The predicted molar refractivity (Wildman–Crippen MR) is 138 cm³/mol. The van der Waals surface area contributed by atoms with Crippen LogP contribution in [0, 0.1) is 11.6 Å². The summed E-state index contributed by atoms with van der Waals surface area (Å²) < 4.78 is 30.7. The molecule has 2 aromatic heterocycles. The number of hydrogen-bond acceptors (Lipinski definition) is 6. The van der Waals surface area contributed by atoms with E-state index in [0.717, 1.165) is 17.8 Å². The Bertz CT molecular complexity index is 1380. The molecule has 5 rings (SSSR count). The van der Waals surface area contributed by atoms with Gasteiger partial charge in [0.2, 0.25) is 5.91 Å². The molecule has 12 heteroatoms. The molecular formula is C24H20Br2F2N4O3S. The van der Waals surface area contributed by atoms with E-state index in [0.29, 0.717) is 33.4 Å². The van der Waals surface area contributed by atoms with Crippen LogP contribution in [0.2, 0.25) is 0 Å². The van der Waals surface area contributed by atoms with Crippen molar-refractivity contribution in [2.45, 2.75) is 37.8 Å². The smallest absolute Gasteiger partial charge is 0.265 e. The van der Waals surface area contributed by atoms with E-state index < -0.39 is 17.7 Å². The van der Waals surface area contributed by atoms with Gasteiger partial charge in [-0.2, -0.15) is 0 Å². The number of thiazole rings is 1. The summed E-state index contributed by atoms with van der Waals surface area (Å²) in [5, 5.41) is 6.86. The van der Waals surface area contributed by atoms with Crippen molar-refractivity contribution >= 4 is 54.8 Å². The van der Waals surface area contributed by atoms with Crippen LogP contribution < -0.4 is 5.56 Å². The lowest BCUT2D eigenvalue weighted by Crippen LogP contribution is -2.41. The van der Waals surface area contributed by atoms with E-state index in [1.807, 2.05) is 5.38 Å². The maximum Gasteiger partial charge on any atom is 0.265 e. The number of rotatable bonds is 5. The Morgan fingerprint density at radius 2 is 1.92 bits per heavy atom. The molecule has 2 aliphatic heterocycles. The topological polar surface area (TPSA) is 76.8 Å². The van der Waals surface area contributed by atoms with Crippen molar-refractivity contribution in [2.75, 3.05) is 13.1 Å². The standard InChI is InChI=1S/C24H20Br2F2N4O3S/c25-14-8-15(26)24(34)32(10-14)11-21(33)31-6-4-13(5-7-31)23-29-19(12-36-23)18-9-20(35-30-18)22-16(27)2-1-3-17(22)28/h1-3,8,10,12-13,20H,4-7,9,11H2. The van der Waals surface area contributed by atoms with Gasteiger partial charge < -0.3 is 14.3 Å². The lowest BCUT2D eigenvalue weighted by atomic mass is 9.97. The van der Waals surface area contributed by atoms with Crippen LogP contribution in [0.1, 0.15) is 47.5 Å². The van der Waals surface area contributed by atoms with E-state index in [9.17, 15) is 18.4 Å². The molecule has 1 amide bonds. The summed E-state index contributed by atoms with van der Waals surface area (Å²) >= 11 is 8.07. The van der Waals surface area contributed by atoms with E-state index in [1.165, 1.54) is 34.1 Å². The van der Waals surface area contributed by atoms with Crippen molar-refractivity contribution in [1.82, 2.24) is 14.5 Å². The first kappa shape index (κ1) is 25.2. The maximum absolute atomic E-state index is 14.1. The molecular weight excluding hydrogens is 622 g/mol. The second-order valence-electron chi connectivity index (χ2n) is 8.64. The first-order chi connectivity index (χ1) is 17.3. The maximum atomic E-state index is 14.1. The number of aromatic nitrogens is 2. The zero-order chi connectivity index (χ0) is 25.4. The Morgan fingerprint density at radius 3 is 2.64 bits per heavy atom. The van der Waals surface area contributed by atoms with E-state index in [-0.39, 0.29) is 35.9 Å². The van der Waals surface area contributed by atoms with Crippen molar-refractivity contribution in [3.05, 3.63) is 83.0 Å². The van der Waals surface area contributed by atoms with E-state index >= 15 is 0 Å². The van der Waals surface area contributed by atoms with E-state index in [2.05, 4.69) is 37.0 Å². The van der Waals surface area contributed by atoms with Crippen LogP contribution in [0.15, 0.2) is 54.7 Å². The SMILES string of the molecule is O=C(Cn1cc(Br)cc(Br)c1=O)N1CCC(c2nc(C3=NOC(c4c(F)cccc4F)C3)cs2)CC1. The highest BCUT2D eigenvalue weighted by Gasteiger charge is 2.31. The number of carbonyl (C=O) groups excluding carboxylic acids is 1. The second kappa shape index (κ2) is 10.5. The molecule has 1 unspecified atom stereocenters. The minimum Gasteiger partial charge on any atom is -0.387 e. The molecule has 36 heavy (non-hydrogen) atoms. The van der Waals surface area contributed by atoms with Gasteiger partial charge in [0, 0.05) is 41.5 Å². The summed E-state index contributed by atoms with van der Waals surface area (Å²) in [7, 11) is 0. The highest BCUT2D eigenvalue weighted by atomic mass is 79.9. The molecule has 0 spiro atoms. The number of nitrogens with zero attached hydrogens (tertiary/aromatic N) is 4. The highest BCUT2D eigenvalue weighted by molar-refractivity contribution is 9.11. The minimum atomic E-state index is -0.820. The number of oxime groups is 1. The van der Waals surface area contributed by atoms with Gasteiger partial charge in [-0.05, 0) is 62.9 Å².